The fourth-order valence-corrected chi connectivity index (χ4v) is 3.53. The van der Waals surface area contributed by atoms with Gasteiger partial charge in [-0.25, -0.2) is 0 Å². The number of anilines is 1. The third-order valence-electron chi connectivity index (χ3n) is 5.12. The van der Waals surface area contributed by atoms with Crippen molar-refractivity contribution in [3.8, 4) is 17.2 Å². The molecule has 1 atom stereocenters. The van der Waals surface area contributed by atoms with E-state index in [4.69, 9.17) is 30.5 Å². The molecule has 2 aromatic carbocycles. The molecule has 1 saturated heterocycles. The molecule has 0 saturated carbocycles. The minimum atomic E-state index is -0.846. The number of nitrogens with zero attached hydrogens (tertiary/aromatic N) is 1. The summed E-state index contributed by atoms with van der Waals surface area (Å²) in [4.78, 5) is 49.5. The maximum atomic E-state index is 12.6. The number of nitrogens with one attached hydrogen (secondary N) is 2. The van der Waals surface area contributed by atoms with Gasteiger partial charge in [-0.2, -0.15) is 0 Å². The van der Waals surface area contributed by atoms with Gasteiger partial charge in [-0.05, 0) is 36.4 Å². The number of benzene rings is 2. The standard InChI is InChI=1S/C23H24ClN3O8/c1-32-17-7-5-15(24)10-16(17)25-20(28)12-35-23(31)14-9-21(29)27(11-14)26-22(30)13-4-6-18(33-2)19(8-13)34-3/h4-8,10,14H,9,11-12H2,1-3H3,(H,25,28)(H,26,30)/t14-/m0/s1. The minimum Gasteiger partial charge on any atom is -0.495 e. The highest BCUT2D eigenvalue weighted by Crippen LogP contribution is 2.28. The van der Waals surface area contributed by atoms with Crippen LogP contribution in [0.2, 0.25) is 5.02 Å². The molecule has 35 heavy (non-hydrogen) atoms. The molecule has 2 N–H and O–H groups in total. The number of carbonyl (C=O) groups excluding carboxylic acids is 4. The lowest BCUT2D eigenvalue weighted by Crippen LogP contribution is -2.43. The van der Waals surface area contributed by atoms with Crippen LogP contribution < -0.4 is 25.0 Å². The maximum Gasteiger partial charge on any atom is 0.311 e. The Morgan fingerprint density at radius 2 is 1.69 bits per heavy atom. The second-order valence-electron chi connectivity index (χ2n) is 7.42. The smallest absolute Gasteiger partial charge is 0.311 e. The second-order valence-corrected chi connectivity index (χ2v) is 7.85. The van der Waals surface area contributed by atoms with Crippen molar-refractivity contribution in [3.05, 3.63) is 47.0 Å². The molecule has 1 aliphatic rings. The molecule has 2 aromatic rings. The first-order valence-electron chi connectivity index (χ1n) is 10.4. The normalized spacial score (nSPS) is 14.8. The molecule has 3 rings (SSSR count). The highest BCUT2D eigenvalue weighted by atomic mass is 35.5. The Balaban J connectivity index is 1.53. The van der Waals surface area contributed by atoms with Gasteiger partial charge >= 0.3 is 5.97 Å². The van der Waals surface area contributed by atoms with E-state index in [0.717, 1.165) is 5.01 Å². The van der Waals surface area contributed by atoms with Crippen molar-refractivity contribution in [3.63, 3.8) is 0 Å². The summed E-state index contributed by atoms with van der Waals surface area (Å²) in [7, 11) is 4.34. The zero-order chi connectivity index (χ0) is 25.5. The first-order valence-corrected chi connectivity index (χ1v) is 10.8. The lowest BCUT2D eigenvalue weighted by molar-refractivity contribution is -0.151. The highest BCUT2D eigenvalue weighted by Gasteiger charge is 2.37. The molecular weight excluding hydrogens is 482 g/mol. The zero-order valence-corrected chi connectivity index (χ0v) is 20.0. The van der Waals surface area contributed by atoms with Gasteiger partial charge in [-0.1, -0.05) is 11.6 Å². The van der Waals surface area contributed by atoms with E-state index in [9.17, 15) is 19.2 Å². The van der Waals surface area contributed by atoms with Crippen LogP contribution in [0.1, 0.15) is 16.8 Å². The molecule has 1 heterocycles. The number of hydrogen-bond acceptors (Lipinski definition) is 8. The van der Waals surface area contributed by atoms with E-state index in [0.29, 0.717) is 28.0 Å². The van der Waals surface area contributed by atoms with Crippen LogP contribution in [-0.2, 0) is 19.1 Å². The van der Waals surface area contributed by atoms with E-state index in [1.54, 1.807) is 18.2 Å². The van der Waals surface area contributed by atoms with E-state index in [1.807, 2.05) is 0 Å². The Kier molecular flexibility index (Phi) is 8.37. The molecular formula is C23H24ClN3O8. The van der Waals surface area contributed by atoms with Crippen molar-refractivity contribution in [1.82, 2.24) is 10.4 Å². The van der Waals surface area contributed by atoms with Gasteiger partial charge in [0.15, 0.2) is 18.1 Å². The van der Waals surface area contributed by atoms with Crippen LogP contribution >= 0.6 is 11.6 Å². The largest absolute Gasteiger partial charge is 0.495 e. The Morgan fingerprint density at radius 3 is 2.37 bits per heavy atom. The number of hydrogen-bond donors (Lipinski definition) is 2. The van der Waals surface area contributed by atoms with E-state index in [2.05, 4.69) is 10.7 Å². The van der Waals surface area contributed by atoms with Crippen molar-refractivity contribution >= 4 is 41.0 Å². The summed E-state index contributed by atoms with van der Waals surface area (Å²) in [6.07, 6.45) is -0.172. The summed E-state index contributed by atoms with van der Waals surface area (Å²) >= 11 is 5.93. The average Bonchev–Trinajstić information content (AvgIpc) is 3.22. The number of esters is 1. The quantitative estimate of drug-likeness (QED) is 0.495. The Hall–Kier alpha value is -3.99. The molecule has 0 unspecified atom stereocenters. The molecule has 0 bridgehead atoms. The van der Waals surface area contributed by atoms with E-state index < -0.39 is 36.2 Å². The van der Waals surface area contributed by atoms with Crippen molar-refractivity contribution < 1.29 is 38.1 Å². The van der Waals surface area contributed by atoms with E-state index >= 15 is 0 Å². The van der Waals surface area contributed by atoms with Gasteiger partial charge < -0.3 is 24.3 Å². The first kappa shape index (κ1) is 25.6. The summed E-state index contributed by atoms with van der Waals surface area (Å²) in [5.41, 5.74) is 3.02. The molecule has 0 radical (unpaired) electrons. The fourth-order valence-electron chi connectivity index (χ4n) is 3.36. The monoisotopic (exact) mass is 505 g/mol. The average molecular weight is 506 g/mol. The summed E-state index contributed by atoms with van der Waals surface area (Å²) in [6.45, 7) is -0.669. The third-order valence-corrected chi connectivity index (χ3v) is 5.36. The van der Waals surface area contributed by atoms with Gasteiger partial charge in [0, 0.05) is 17.0 Å². The molecule has 1 fully saturated rings. The Labute approximate surface area is 206 Å². The summed E-state index contributed by atoms with van der Waals surface area (Å²) in [5, 5.41) is 3.98. The van der Waals surface area contributed by atoms with Crippen molar-refractivity contribution in [1.29, 1.82) is 0 Å². The first-order chi connectivity index (χ1) is 16.7. The summed E-state index contributed by atoms with van der Waals surface area (Å²) in [5.74, 6) is -2.05. The van der Waals surface area contributed by atoms with Crippen LogP contribution in [0.5, 0.6) is 17.2 Å². The zero-order valence-electron chi connectivity index (χ0n) is 19.3. The molecule has 0 aliphatic carbocycles. The Morgan fingerprint density at radius 1 is 1.00 bits per heavy atom. The number of carbonyl (C=O) groups is 4. The number of halogens is 1. The van der Waals surface area contributed by atoms with Crippen LogP contribution in [0.3, 0.4) is 0 Å². The van der Waals surface area contributed by atoms with Gasteiger partial charge in [-0.3, -0.25) is 29.6 Å². The maximum absolute atomic E-state index is 12.6. The Bertz CT molecular complexity index is 1140. The number of ether oxygens (including phenoxy) is 4. The van der Waals surface area contributed by atoms with Gasteiger partial charge in [0.1, 0.15) is 5.75 Å². The molecule has 12 heteroatoms. The van der Waals surface area contributed by atoms with Crippen LogP contribution in [0.4, 0.5) is 5.69 Å². The molecule has 0 spiro atoms. The SMILES string of the molecule is COc1ccc(Cl)cc1NC(=O)COC(=O)[C@H]1CC(=O)N(NC(=O)c2ccc(OC)c(OC)c2)C1. The van der Waals surface area contributed by atoms with Crippen molar-refractivity contribution in [2.75, 3.05) is 39.8 Å². The lowest BCUT2D eigenvalue weighted by Gasteiger charge is -2.18. The van der Waals surface area contributed by atoms with E-state index in [1.165, 1.54) is 39.5 Å². The molecule has 11 nitrogen and oxygen atoms in total. The third kappa shape index (κ3) is 6.33. The highest BCUT2D eigenvalue weighted by molar-refractivity contribution is 6.31. The summed E-state index contributed by atoms with van der Waals surface area (Å²) < 4.78 is 20.5. The van der Waals surface area contributed by atoms with Gasteiger partial charge in [0.05, 0.1) is 39.5 Å². The van der Waals surface area contributed by atoms with Crippen molar-refractivity contribution in [2.24, 2.45) is 5.92 Å². The molecule has 0 aromatic heterocycles. The van der Waals surface area contributed by atoms with Gasteiger partial charge in [-0.15, -0.1) is 0 Å². The van der Waals surface area contributed by atoms with Crippen LogP contribution in [0, 0.1) is 5.92 Å². The summed E-state index contributed by atoms with van der Waals surface area (Å²) in [6, 6.07) is 9.21. The van der Waals surface area contributed by atoms with Gasteiger partial charge in [0.2, 0.25) is 5.91 Å². The number of methoxy groups -OCH3 is 3. The van der Waals surface area contributed by atoms with Gasteiger partial charge in [0.25, 0.3) is 11.8 Å². The van der Waals surface area contributed by atoms with E-state index in [-0.39, 0.29) is 18.5 Å². The van der Waals surface area contributed by atoms with Crippen LogP contribution in [0.25, 0.3) is 0 Å². The number of rotatable bonds is 9. The molecule has 186 valence electrons. The number of amides is 3. The lowest BCUT2D eigenvalue weighted by atomic mass is 10.1. The molecule has 3 amide bonds. The van der Waals surface area contributed by atoms with Crippen molar-refractivity contribution in [2.45, 2.75) is 6.42 Å². The minimum absolute atomic E-state index is 0.0968. The molecule has 1 aliphatic heterocycles. The van der Waals surface area contributed by atoms with Crippen LogP contribution in [-0.4, -0.2) is 63.2 Å². The second kappa shape index (κ2) is 11.4. The van der Waals surface area contributed by atoms with Crippen LogP contribution in [0.15, 0.2) is 36.4 Å². The predicted molar refractivity (Wildman–Crippen MR) is 124 cm³/mol. The predicted octanol–water partition coefficient (Wildman–Crippen LogP) is 2.04. The number of hydrazine groups is 1. The topological polar surface area (TPSA) is 132 Å². The fraction of sp³-hybridized carbons (Fsp3) is 0.304.